The zero-order valence-electron chi connectivity index (χ0n) is 8.79. The quantitative estimate of drug-likeness (QED) is 0.686. The Balaban J connectivity index is 2.18. The van der Waals surface area contributed by atoms with Crippen LogP contribution in [0.4, 0.5) is 11.4 Å². The number of anilines is 2. The van der Waals surface area contributed by atoms with Crippen LogP contribution in [0.3, 0.4) is 0 Å². The van der Waals surface area contributed by atoms with Crippen molar-refractivity contribution in [3.63, 3.8) is 0 Å². The number of rotatable bonds is 2. The number of hydrogen-bond acceptors (Lipinski definition) is 3. The lowest BCUT2D eigenvalue weighted by Gasteiger charge is -2.18. The zero-order valence-corrected chi connectivity index (χ0v) is 8.79. The van der Waals surface area contributed by atoms with Crippen LogP contribution >= 0.6 is 0 Å². The summed E-state index contributed by atoms with van der Waals surface area (Å²) in [4.78, 5) is 13.3. The van der Waals surface area contributed by atoms with Crippen molar-refractivity contribution >= 4 is 17.3 Å². The number of amides is 1. The number of nitrogens with one attached hydrogen (secondary N) is 1. The Bertz CT molecular complexity index is 389. The highest BCUT2D eigenvalue weighted by atomic mass is 16.1. The SMILES string of the molecule is CNC(=O)CN1CCc2cc(N)ccc21. The maximum Gasteiger partial charge on any atom is 0.239 e. The molecule has 0 radical (unpaired) electrons. The van der Waals surface area contributed by atoms with Gasteiger partial charge in [0.05, 0.1) is 6.54 Å². The summed E-state index contributed by atoms with van der Waals surface area (Å²) < 4.78 is 0. The summed E-state index contributed by atoms with van der Waals surface area (Å²) in [6.45, 7) is 1.32. The van der Waals surface area contributed by atoms with Gasteiger partial charge in [0.15, 0.2) is 0 Å². The summed E-state index contributed by atoms with van der Waals surface area (Å²) in [6.07, 6.45) is 0.970. The summed E-state index contributed by atoms with van der Waals surface area (Å²) in [6, 6.07) is 5.85. The van der Waals surface area contributed by atoms with Gasteiger partial charge >= 0.3 is 0 Å². The number of carbonyl (C=O) groups is 1. The number of carbonyl (C=O) groups excluding carboxylic acids is 1. The molecule has 0 aromatic heterocycles. The first-order chi connectivity index (χ1) is 7.20. The van der Waals surface area contributed by atoms with E-state index >= 15 is 0 Å². The lowest BCUT2D eigenvalue weighted by molar-refractivity contribution is -0.119. The van der Waals surface area contributed by atoms with Crippen molar-refractivity contribution in [2.24, 2.45) is 0 Å². The maximum atomic E-state index is 11.3. The predicted octanol–water partition coefficient (Wildman–Crippen LogP) is 0.377. The van der Waals surface area contributed by atoms with Gasteiger partial charge in [-0.25, -0.2) is 0 Å². The van der Waals surface area contributed by atoms with Crippen molar-refractivity contribution in [3.05, 3.63) is 23.8 Å². The Morgan fingerprint density at radius 3 is 3.13 bits per heavy atom. The van der Waals surface area contributed by atoms with E-state index in [-0.39, 0.29) is 5.91 Å². The first-order valence-corrected chi connectivity index (χ1v) is 5.04. The number of nitrogens with zero attached hydrogens (tertiary/aromatic N) is 1. The molecule has 4 nitrogen and oxygen atoms in total. The maximum absolute atomic E-state index is 11.3. The van der Waals surface area contributed by atoms with Gasteiger partial charge in [-0.05, 0) is 30.2 Å². The summed E-state index contributed by atoms with van der Waals surface area (Å²) in [5.41, 5.74) is 8.86. The van der Waals surface area contributed by atoms with Crippen LogP contribution in [0.5, 0.6) is 0 Å². The van der Waals surface area contributed by atoms with Gasteiger partial charge in [-0.2, -0.15) is 0 Å². The lowest BCUT2D eigenvalue weighted by Crippen LogP contribution is -2.34. The molecule has 0 aliphatic carbocycles. The average Bonchev–Trinajstić information content (AvgIpc) is 2.60. The standard InChI is InChI=1S/C11H15N3O/c1-13-11(15)7-14-5-4-8-6-9(12)2-3-10(8)14/h2-3,6H,4-5,7,12H2,1H3,(H,13,15). The van der Waals surface area contributed by atoms with Gasteiger partial charge in [-0.3, -0.25) is 4.79 Å². The van der Waals surface area contributed by atoms with Crippen LogP contribution < -0.4 is 16.0 Å². The van der Waals surface area contributed by atoms with E-state index in [9.17, 15) is 4.79 Å². The molecule has 0 saturated heterocycles. The smallest absolute Gasteiger partial charge is 0.239 e. The number of fused-ring (bicyclic) bond motifs is 1. The van der Waals surface area contributed by atoms with E-state index in [4.69, 9.17) is 5.73 Å². The van der Waals surface area contributed by atoms with E-state index in [1.165, 1.54) is 5.56 Å². The monoisotopic (exact) mass is 205 g/mol. The van der Waals surface area contributed by atoms with E-state index in [1.807, 2.05) is 18.2 Å². The van der Waals surface area contributed by atoms with Crippen molar-refractivity contribution in [3.8, 4) is 0 Å². The second-order valence-corrected chi connectivity index (χ2v) is 3.73. The summed E-state index contributed by atoms with van der Waals surface area (Å²) in [5.74, 6) is 0.0414. The van der Waals surface area contributed by atoms with E-state index in [0.717, 1.165) is 24.3 Å². The van der Waals surface area contributed by atoms with E-state index in [1.54, 1.807) is 7.05 Å². The molecule has 1 aliphatic rings. The fourth-order valence-electron chi connectivity index (χ4n) is 1.91. The molecule has 0 bridgehead atoms. The van der Waals surface area contributed by atoms with Gasteiger partial charge in [0.2, 0.25) is 5.91 Å². The predicted molar refractivity (Wildman–Crippen MR) is 60.8 cm³/mol. The van der Waals surface area contributed by atoms with Gasteiger partial charge in [-0.15, -0.1) is 0 Å². The number of hydrogen-bond donors (Lipinski definition) is 2. The topological polar surface area (TPSA) is 58.4 Å². The Morgan fingerprint density at radius 2 is 2.40 bits per heavy atom. The molecule has 2 rings (SSSR count). The van der Waals surface area contributed by atoms with E-state index in [2.05, 4.69) is 10.2 Å². The molecule has 1 aliphatic heterocycles. The highest BCUT2D eigenvalue weighted by Crippen LogP contribution is 2.29. The van der Waals surface area contributed by atoms with Crippen LogP contribution in [0.15, 0.2) is 18.2 Å². The largest absolute Gasteiger partial charge is 0.399 e. The highest BCUT2D eigenvalue weighted by molar-refractivity contribution is 5.82. The first kappa shape index (κ1) is 9.83. The van der Waals surface area contributed by atoms with Gasteiger partial charge in [0.1, 0.15) is 0 Å². The summed E-state index contributed by atoms with van der Waals surface area (Å²) in [7, 11) is 1.66. The van der Waals surface area contributed by atoms with Crippen molar-refractivity contribution in [2.75, 3.05) is 30.8 Å². The molecule has 3 N–H and O–H groups in total. The number of nitrogens with two attached hydrogens (primary N) is 1. The summed E-state index contributed by atoms with van der Waals surface area (Å²) >= 11 is 0. The molecule has 0 saturated carbocycles. The van der Waals surface area contributed by atoms with Crippen LogP contribution in [-0.4, -0.2) is 26.0 Å². The lowest BCUT2D eigenvalue weighted by atomic mass is 10.1. The Hall–Kier alpha value is -1.71. The van der Waals surface area contributed by atoms with Crippen LogP contribution in [0.25, 0.3) is 0 Å². The Labute approximate surface area is 89.1 Å². The molecule has 0 fully saturated rings. The van der Waals surface area contributed by atoms with Crippen molar-refractivity contribution in [1.29, 1.82) is 0 Å². The fourth-order valence-corrected chi connectivity index (χ4v) is 1.91. The third-order valence-corrected chi connectivity index (χ3v) is 2.71. The third kappa shape index (κ3) is 1.88. The minimum absolute atomic E-state index is 0.0414. The minimum atomic E-state index is 0.0414. The average molecular weight is 205 g/mol. The molecular formula is C11H15N3O. The Kier molecular flexibility index (Phi) is 2.49. The van der Waals surface area contributed by atoms with Gasteiger partial charge in [-0.1, -0.05) is 0 Å². The second-order valence-electron chi connectivity index (χ2n) is 3.73. The zero-order chi connectivity index (χ0) is 10.8. The molecule has 1 aromatic rings. The minimum Gasteiger partial charge on any atom is -0.399 e. The summed E-state index contributed by atoms with van der Waals surface area (Å²) in [5, 5.41) is 2.63. The molecule has 1 aromatic carbocycles. The van der Waals surface area contributed by atoms with Gasteiger partial charge < -0.3 is 16.0 Å². The highest BCUT2D eigenvalue weighted by Gasteiger charge is 2.20. The number of likely N-dealkylation sites (N-methyl/N-ethyl adjacent to an activating group) is 1. The van der Waals surface area contributed by atoms with Crippen LogP contribution in [0.1, 0.15) is 5.56 Å². The first-order valence-electron chi connectivity index (χ1n) is 5.04. The number of nitrogen functional groups attached to an aromatic ring is 1. The second kappa shape index (κ2) is 3.81. The van der Waals surface area contributed by atoms with Crippen molar-refractivity contribution < 1.29 is 4.79 Å². The van der Waals surface area contributed by atoms with Crippen LogP contribution in [-0.2, 0) is 11.2 Å². The molecule has 1 heterocycles. The Morgan fingerprint density at radius 1 is 1.60 bits per heavy atom. The molecular weight excluding hydrogens is 190 g/mol. The van der Waals surface area contributed by atoms with Gasteiger partial charge in [0.25, 0.3) is 0 Å². The third-order valence-electron chi connectivity index (χ3n) is 2.71. The van der Waals surface area contributed by atoms with Crippen molar-refractivity contribution in [2.45, 2.75) is 6.42 Å². The van der Waals surface area contributed by atoms with Crippen LogP contribution in [0.2, 0.25) is 0 Å². The molecule has 1 amide bonds. The number of benzene rings is 1. The van der Waals surface area contributed by atoms with Crippen LogP contribution in [0, 0.1) is 0 Å². The fraction of sp³-hybridized carbons (Fsp3) is 0.364. The molecule has 15 heavy (non-hydrogen) atoms. The van der Waals surface area contributed by atoms with Gasteiger partial charge in [0, 0.05) is 25.0 Å². The molecule has 0 unspecified atom stereocenters. The normalized spacial score (nSPS) is 13.8. The van der Waals surface area contributed by atoms with Crippen molar-refractivity contribution in [1.82, 2.24) is 5.32 Å². The van der Waals surface area contributed by atoms with E-state index < -0.39 is 0 Å². The van der Waals surface area contributed by atoms with E-state index in [0.29, 0.717) is 6.54 Å². The molecule has 80 valence electrons. The molecule has 4 heteroatoms. The molecule has 0 spiro atoms. The molecule has 0 atom stereocenters.